The maximum absolute atomic E-state index is 9.14. The fraction of sp³-hybridized carbons (Fsp3) is 0.455. The molecule has 0 unspecified atom stereocenters. The van der Waals surface area contributed by atoms with Crippen LogP contribution >= 0.6 is 0 Å². The van der Waals surface area contributed by atoms with Crippen molar-refractivity contribution in [1.29, 1.82) is 0 Å². The summed E-state index contributed by atoms with van der Waals surface area (Å²) in [5.74, 6) is 1.03. The van der Waals surface area contributed by atoms with Gasteiger partial charge in [0.2, 0.25) is 11.9 Å². The van der Waals surface area contributed by atoms with E-state index in [0.717, 1.165) is 12.8 Å². The number of nitrogens with two attached hydrogens (primary N) is 1. The molecule has 2 aromatic heterocycles. The Balaban J connectivity index is 1.96. The van der Waals surface area contributed by atoms with E-state index in [1.807, 2.05) is 4.90 Å². The van der Waals surface area contributed by atoms with Crippen LogP contribution in [-0.4, -0.2) is 49.0 Å². The highest BCUT2D eigenvalue weighted by Crippen LogP contribution is 2.29. The molecular formula is C11H15N7O. The Morgan fingerprint density at radius 1 is 1.37 bits per heavy atom. The van der Waals surface area contributed by atoms with Gasteiger partial charge in [0.25, 0.3) is 5.95 Å². The number of aromatic nitrogens is 5. The molecule has 0 spiro atoms. The Labute approximate surface area is 109 Å². The molecule has 1 aliphatic carbocycles. The molecule has 0 atom stereocenters. The number of nitrogen functional groups attached to an aromatic ring is 1. The first-order valence-electron chi connectivity index (χ1n) is 6.17. The molecule has 0 bridgehead atoms. The van der Waals surface area contributed by atoms with Crippen LogP contribution < -0.4 is 10.6 Å². The molecule has 8 heteroatoms. The molecule has 0 saturated heterocycles. The minimum absolute atomic E-state index is 0.0548. The van der Waals surface area contributed by atoms with Gasteiger partial charge in [-0.2, -0.15) is 20.1 Å². The predicted octanol–water partition coefficient (Wildman–Crippen LogP) is -0.399. The molecule has 2 aromatic rings. The molecule has 19 heavy (non-hydrogen) atoms. The van der Waals surface area contributed by atoms with Gasteiger partial charge in [0.15, 0.2) is 0 Å². The quantitative estimate of drug-likeness (QED) is 0.754. The zero-order valence-electron chi connectivity index (χ0n) is 10.3. The van der Waals surface area contributed by atoms with Crippen LogP contribution in [-0.2, 0) is 0 Å². The topological polar surface area (TPSA) is 106 Å². The first-order valence-corrected chi connectivity index (χ1v) is 6.17. The predicted molar refractivity (Wildman–Crippen MR) is 68.8 cm³/mol. The summed E-state index contributed by atoms with van der Waals surface area (Å²) in [6, 6.07) is 2.17. The lowest BCUT2D eigenvalue weighted by molar-refractivity contribution is 0.300. The van der Waals surface area contributed by atoms with Gasteiger partial charge in [-0.3, -0.25) is 0 Å². The first kappa shape index (κ1) is 11.8. The summed E-state index contributed by atoms with van der Waals surface area (Å²) in [5.41, 5.74) is 5.73. The van der Waals surface area contributed by atoms with Crippen LogP contribution in [0.25, 0.3) is 5.95 Å². The summed E-state index contributed by atoms with van der Waals surface area (Å²) in [5, 5.41) is 13.2. The van der Waals surface area contributed by atoms with Crippen molar-refractivity contribution in [3.63, 3.8) is 0 Å². The normalized spacial score (nSPS) is 14.6. The number of aliphatic hydroxyl groups is 1. The lowest BCUT2D eigenvalue weighted by Gasteiger charge is -2.21. The van der Waals surface area contributed by atoms with Crippen LogP contribution in [0.1, 0.15) is 12.8 Å². The van der Waals surface area contributed by atoms with Crippen molar-refractivity contribution < 1.29 is 5.11 Å². The molecule has 100 valence electrons. The monoisotopic (exact) mass is 261 g/mol. The summed E-state index contributed by atoms with van der Waals surface area (Å²) in [6.45, 7) is 0.547. The zero-order valence-corrected chi connectivity index (χ0v) is 10.3. The maximum Gasteiger partial charge on any atom is 0.257 e. The van der Waals surface area contributed by atoms with E-state index in [9.17, 15) is 0 Å². The second-order valence-corrected chi connectivity index (χ2v) is 4.39. The summed E-state index contributed by atoms with van der Waals surface area (Å²) in [6.07, 6.45) is 5.56. The third kappa shape index (κ3) is 2.48. The number of anilines is 2. The fourth-order valence-electron chi connectivity index (χ4n) is 1.93. The van der Waals surface area contributed by atoms with Gasteiger partial charge >= 0.3 is 0 Å². The molecule has 0 aromatic carbocycles. The van der Waals surface area contributed by atoms with Gasteiger partial charge < -0.3 is 15.7 Å². The van der Waals surface area contributed by atoms with E-state index < -0.39 is 0 Å². The number of aliphatic hydroxyl groups excluding tert-OH is 1. The van der Waals surface area contributed by atoms with Gasteiger partial charge in [-0.1, -0.05) is 0 Å². The van der Waals surface area contributed by atoms with Crippen molar-refractivity contribution in [2.75, 3.05) is 23.8 Å². The molecule has 1 aliphatic rings. The van der Waals surface area contributed by atoms with E-state index in [1.165, 1.54) is 4.68 Å². The number of hydrogen-bond acceptors (Lipinski definition) is 7. The minimum atomic E-state index is 0.0548. The molecule has 3 N–H and O–H groups in total. The number of rotatable bonds is 5. The van der Waals surface area contributed by atoms with Crippen molar-refractivity contribution in [3.8, 4) is 5.95 Å². The van der Waals surface area contributed by atoms with E-state index in [-0.39, 0.29) is 12.6 Å². The standard InChI is InChI=1S/C11H15N7O/c12-9-14-10(17(6-7-19)8-2-3-8)16-11(15-9)18-5-1-4-13-18/h1,4-5,8,19H,2-3,6-7H2,(H2,12,14,15,16). The van der Waals surface area contributed by atoms with Gasteiger partial charge in [-0.25, -0.2) is 4.68 Å². The Bertz CT molecular complexity index is 552. The zero-order chi connectivity index (χ0) is 13.2. The summed E-state index contributed by atoms with van der Waals surface area (Å²) < 4.78 is 1.53. The third-order valence-electron chi connectivity index (χ3n) is 2.92. The van der Waals surface area contributed by atoms with Crippen LogP contribution in [0.2, 0.25) is 0 Å². The van der Waals surface area contributed by atoms with Crippen LogP contribution in [0.3, 0.4) is 0 Å². The van der Waals surface area contributed by atoms with Crippen molar-refractivity contribution in [2.45, 2.75) is 18.9 Å². The van der Waals surface area contributed by atoms with E-state index in [0.29, 0.717) is 24.5 Å². The Morgan fingerprint density at radius 2 is 2.21 bits per heavy atom. The van der Waals surface area contributed by atoms with Gasteiger partial charge in [0.05, 0.1) is 6.61 Å². The average molecular weight is 261 g/mol. The smallest absolute Gasteiger partial charge is 0.257 e. The Morgan fingerprint density at radius 3 is 2.84 bits per heavy atom. The SMILES string of the molecule is Nc1nc(N(CCO)C2CC2)nc(-n2cccn2)n1. The lowest BCUT2D eigenvalue weighted by Crippen LogP contribution is -2.31. The minimum Gasteiger partial charge on any atom is -0.395 e. The largest absolute Gasteiger partial charge is 0.395 e. The summed E-state index contributed by atoms with van der Waals surface area (Å²) in [7, 11) is 0. The molecule has 1 fully saturated rings. The van der Waals surface area contributed by atoms with Crippen molar-refractivity contribution >= 4 is 11.9 Å². The summed E-state index contributed by atoms with van der Waals surface area (Å²) >= 11 is 0. The van der Waals surface area contributed by atoms with Crippen LogP contribution in [0, 0.1) is 0 Å². The van der Waals surface area contributed by atoms with Crippen molar-refractivity contribution in [2.24, 2.45) is 0 Å². The molecule has 3 rings (SSSR count). The van der Waals surface area contributed by atoms with E-state index in [4.69, 9.17) is 10.8 Å². The first-order chi connectivity index (χ1) is 9.28. The Hall–Kier alpha value is -2.22. The van der Waals surface area contributed by atoms with Gasteiger partial charge in [0, 0.05) is 25.0 Å². The van der Waals surface area contributed by atoms with E-state index in [1.54, 1.807) is 18.5 Å². The highest BCUT2D eigenvalue weighted by Gasteiger charge is 2.31. The average Bonchev–Trinajstić information content (AvgIpc) is 3.08. The lowest BCUT2D eigenvalue weighted by atomic mass is 10.5. The molecule has 0 amide bonds. The highest BCUT2D eigenvalue weighted by atomic mass is 16.3. The molecular weight excluding hydrogens is 246 g/mol. The second kappa shape index (κ2) is 4.81. The van der Waals surface area contributed by atoms with Gasteiger partial charge in [0.1, 0.15) is 0 Å². The van der Waals surface area contributed by atoms with Crippen LogP contribution in [0.5, 0.6) is 0 Å². The third-order valence-corrected chi connectivity index (χ3v) is 2.92. The summed E-state index contributed by atoms with van der Waals surface area (Å²) in [4.78, 5) is 14.6. The molecule has 1 saturated carbocycles. The molecule has 0 radical (unpaired) electrons. The van der Waals surface area contributed by atoms with E-state index >= 15 is 0 Å². The van der Waals surface area contributed by atoms with Crippen LogP contribution in [0.15, 0.2) is 18.5 Å². The van der Waals surface area contributed by atoms with E-state index in [2.05, 4.69) is 20.1 Å². The number of hydrogen-bond donors (Lipinski definition) is 2. The Kier molecular flexibility index (Phi) is 3.00. The van der Waals surface area contributed by atoms with Crippen LogP contribution in [0.4, 0.5) is 11.9 Å². The van der Waals surface area contributed by atoms with Gasteiger partial charge in [-0.05, 0) is 18.9 Å². The number of nitrogens with zero attached hydrogens (tertiary/aromatic N) is 6. The molecule has 0 aliphatic heterocycles. The fourth-order valence-corrected chi connectivity index (χ4v) is 1.93. The maximum atomic E-state index is 9.14. The van der Waals surface area contributed by atoms with Crippen molar-refractivity contribution in [3.05, 3.63) is 18.5 Å². The van der Waals surface area contributed by atoms with Gasteiger partial charge in [-0.15, -0.1) is 0 Å². The molecule has 2 heterocycles. The second-order valence-electron chi connectivity index (χ2n) is 4.39. The highest BCUT2D eigenvalue weighted by molar-refractivity contribution is 5.40. The van der Waals surface area contributed by atoms with Crippen molar-refractivity contribution in [1.82, 2.24) is 24.7 Å². The molecule has 8 nitrogen and oxygen atoms in total.